The molecule has 5 rings (SSSR count). The van der Waals surface area contributed by atoms with E-state index in [1.165, 1.54) is 23.4 Å². The minimum atomic E-state index is -1.63. The molecule has 4 heterocycles. The third-order valence-electron chi connectivity index (χ3n) is 6.11. The van der Waals surface area contributed by atoms with Gasteiger partial charge in [-0.1, -0.05) is 6.07 Å². The molecule has 34 heavy (non-hydrogen) atoms. The molecule has 1 aromatic carbocycles. The van der Waals surface area contributed by atoms with Gasteiger partial charge in [-0.15, -0.1) is 10.2 Å². The largest absolute Gasteiger partial charge is 0.420 e. The lowest BCUT2D eigenvalue weighted by molar-refractivity contribution is -0.0270. The molecular weight excluding hydrogens is 444 g/mol. The third-order valence-corrected chi connectivity index (χ3v) is 6.11. The molecule has 1 aliphatic heterocycles. The SMILES string of the molecule is OC(CN1CCC(c2nnc(-c3ccncc3)o2)CC1)(Cn1cncn1)c1ccc(F)cc1F. The molecule has 0 amide bonds. The van der Waals surface area contributed by atoms with Crippen molar-refractivity contribution >= 4 is 0 Å². The smallest absolute Gasteiger partial charge is 0.247 e. The number of aliphatic hydroxyl groups is 1. The predicted octanol–water partition coefficient (Wildman–Crippen LogP) is 2.77. The van der Waals surface area contributed by atoms with E-state index in [2.05, 4.69) is 30.2 Å². The van der Waals surface area contributed by atoms with Crippen LogP contribution in [0, 0.1) is 11.6 Å². The molecule has 9 nitrogen and oxygen atoms in total. The van der Waals surface area contributed by atoms with Gasteiger partial charge in [0.25, 0.3) is 0 Å². The Balaban J connectivity index is 1.29. The van der Waals surface area contributed by atoms with E-state index in [-0.39, 0.29) is 24.6 Å². The van der Waals surface area contributed by atoms with E-state index in [4.69, 9.17) is 4.42 Å². The molecule has 1 atom stereocenters. The number of halogens is 2. The van der Waals surface area contributed by atoms with Gasteiger partial charge in [0.2, 0.25) is 11.8 Å². The maximum absolute atomic E-state index is 14.7. The van der Waals surface area contributed by atoms with Crippen molar-refractivity contribution in [1.29, 1.82) is 0 Å². The number of β-amino-alcohol motifs (C(OH)–C–C–N with tert-alkyl or cyclic N) is 1. The summed E-state index contributed by atoms with van der Waals surface area (Å²) in [7, 11) is 0. The number of piperidine rings is 1. The monoisotopic (exact) mass is 467 g/mol. The number of nitrogens with zero attached hydrogens (tertiary/aromatic N) is 7. The van der Waals surface area contributed by atoms with E-state index in [1.54, 1.807) is 12.4 Å². The molecule has 11 heteroatoms. The van der Waals surface area contributed by atoms with Crippen LogP contribution in [-0.4, -0.2) is 59.6 Å². The molecule has 1 aliphatic rings. The summed E-state index contributed by atoms with van der Waals surface area (Å²) in [5.41, 5.74) is -0.798. The number of likely N-dealkylation sites (tertiary alicyclic amines) is 1. The Morgan fingerprint density at radius 1 is 1.03 bits per heavy atom. The summed E-state index contributed by atoms with van der Waals surface area (Å²) in [6.45, 7) is 1.41. The van der Waals surface area contributed by atoms with Gasteiger partial charge in [-0.25, -0.2) is 18.4 Å². The van der Waals surface area contributed by atoms with E-state index < -0.39 is 17.2 Å². The Morgan fingerprint density at radius 2 is 1.82 bits per heavy atom. The normalized spacial score (nSPS) is 17.0. The Hall–Kier alpha value is -3.57. The second-order valence-electron chi connectivity index (χ2n) is 8.48. The van der Waals surface area contributed by atoms with Crippen LogP contribution >= 0.6 is 0 Å². The van der Waals surface area contributed by atoms with Crippen molar-refractivity contribution in [2.45, 2.75) is 30.9 Å². The zero-order chi connectivity index (χ0) is 23.5. The van der Waals surface area contributed by atoms with Crippen LogP contribution < -0.4 is 0 Å². The first-order valence-electron chi connectivity index (χ1n) is 11.0. The van der Waals surface area contributed by atoms with E-state index in [1.807, 2.05) is 12.1 Å². The maximum atomic E-state index is 14.7. The molecule has 0 radical (unpaired) electrons. The zero-order valence-electron chi connectivity index (χ0n) is 18.3. The van der Waals surface area contributed by atoms with Crippen LogP contribution in [0.2, 0.25) is 0 Å². The zero-order valence-corrected chi connectivity index (χ0v) is 18.3. The van der Waals surface area contributed by atoms with Crippen molar-refractivity contribution in [2.24, 2.45) is 0 Å². The maximum Gasteiger partial charge on any atom is 0.247 e. The lowest BCUT2D eigenvalue weighted by Gasteiger charge is -2.37. The molecule has 1 saturated heterocycles. The van der Waals surface area contributed by atoms with Crippen molar-refractivity contribution in [3.05, 3.63) is 78.5 Å². The first-order chi connectivity index (χ1) is 16.5. The molecule has 0 spiro atoms. The van der Waals surface area contributed by atoms with Gasteiger partial charge < -0.3 is 14.4 Å². The Morgan fingerprint density at radius 3 is 2.53 bits per heavy atom. The fraction of sp³-hybridized carbons (Fsp3) is 0.348. The summed E-state index contributed by atoms with van der Waals surface area (Å²) >= 11 is 0. The van der Waals surface area contributed by atoms with Crippen LogP contribution in [0.4, 0.5) is 8.78 Å². The van der Waals surface area contributed by atoms with Gasteiger partial charge in [-0.2, -0.15) is 5.10 Å². The summed E-state index contributed by atoms with van der Waals surface area (Å²) in [5.74, 6) is -0.379. The standard InChI is InChI=1S/C23H23F2N7O2/c24-18-1-2-19(20(25)11-18)23(33,13-32-15-27-14-28-32)12-31-9-5-17(6-10-31)22-30-29-21(34-22)16-3-7-26-8-4-16/h1-4,7-8,11,14-15,17,33H,5-6,9-10,12-13H2. The van der Waals surface area contributed by atoms with Gasteiger partial charge in [0, 0.05) is 42.0 Å². The first-order valence-corrected chi connectivity index (χ1v) is 11.0. The molecule has 1 unspecified atom stereocenters. The highest BCUT2D eigenvalue weighted by atomic mass is 19.1. The van der Waals surface area contributed by atoms with Gasteiger partial charge in [-0.3, -0.25) is 4.98 Å². The van der Waals surface area contributed by atoms with Gasteiger partial charge in [-0.05, 0) is 44.1 Å². The average Bonchev–Trinajstić information content (AvgIpc) is 3.52. The summed E-state index contributed by atoms with van der Waals surface area (Å²) in [6, 6.07) is 6.83. The fourth-order valence-corrected chi connectivity index (χ4v) is 4.39. The topological polar surface area (TPSA) is 106 Å². The first kappa shape index (κ1) is 22.2. The van der Waals surface area contributed by atoms with E-state index >= 15 is 0 Å². The highest BCUT2D eigenvalue weighted by Crippen LogP contribution is 2.33. The molecule has 0 aliphatic carbocycles. The average molecular weight is 467 g/mol. The van der Waals surface area contributed by atoms with Crippen LogP contribution in [0.3, 0.4) is 0 Å². The predicted molar refractivity (Wildman–Crippen MR) is 116 cm³/mol. The van der Waals surface area contributed by atoms with Crippen LogP contribution in [0.25, 0.3) is 11.5 Å². The highest BCUT2D eigenvalue weighted by Gasteiger charge is 2.37. The number of benzene rings is 1. The Bertz CT molecular complexity index is 1230. The van der Waals surface area contributed by atoms with Gasteiger partial charge in [0.15, 0.2) is 0 Å². The molecule has 0 bridgehead atoms. The van der Waals surface area contributed by atoms with Crippen molar-refractivity contribution in [3.63, 3.8) is 0 Å². The van der Waals surface area contributed by atoms with Crippen molar-refractivity contribution in [3.8, 4) is 11.5 Å². The summed E-state index contributed by atoms with van der Waals surface area (Å²) in [4.78, 5) is 9.94. The second kappa shape index (κ2) is 9.35. The van der Waals surface area contributed by atoms with E-state index in [0.29, 0.717) is 24.9 Å². The van der Waals surface area contributed by atoms with Crippen LogP contribution in [0.1, 0.15) is 30.2 Å². The van der Waals surface area contributed by atoms with Crippen LogP contribution in [0.5, 0.6) is 0 Å². The molecule has 3 aromatic heterocycles. The highest BCUT2D eigenvalue weighted by molar-refractivity contribution is 5.50. The molecule has 4 aromatic rings. The lowest BCUT2D eigenvalue weighted by Crippen LogP contribution is -2.47. The number of pyridine rings is 1. The van der Waals surface area contributed by atoms with E-state index in [9.17, 15) is 13.9 Å². The van der Waals surface area contributed by atoms with E-state index in [0.717, 1.165) is 30.5 Å². The number of rotatable bonds is 7. The van der Waals surface area contributed by atoms with Gasteiger partial charge in [0.05, 0.1) is 6.54 Å². The number of aromatic nitrogens is 6. The van der Waals surface area contributed by atoms with Gasteiger partial charge >= 0.3 is 0 Å². The van der Waals surface area contributed by atoms with Crippen LogP contribution in [0.15, 0.2) is 59.8 Å². The van der Waals surface area contributed by atoms with Crippen molar-refractivity contribution in [1.82, 2.24) is 34.8 Å². The lowest BCUT2D eigenvalue weighted by atomic mass is 9.90. The third kappa shape index (κ3) is 4.70. The second-order valence-corrected chi connectivity index (χ2v) is 8.48. The quantitative estimate of drug-likeness (QED) is 0.442. The number of hydrogen-bond donors (Lipinski definition) is 1. The van der Waals surface area contributed by atoms with Crippen LogP contribution in [-0.2, 0) is 12.1 Å². The summed E-state index contributed by atoms with van der Waals surface area (Å²) in [6.07, 6.45) is 7.61. The molecule has 176 valence electrons. The Labute approximate surface area is 194 Å². The molecule has 1 fully saturated rings. The summed E-state index contributed by atoms with van der Waals surface area (Å²) in [5, 5.41) is 24.0. The summed E-state index contributed by atoms with van der Waals surface area (Å²) < 4.78 is 35.5. The fourth-order valence-electron chi connectivity index (χ4n) is 4.39. The Kier molecular flexibility index (Phi) is 6.12. The molecule has 1 N–H and O–H groups in total. The van der Waals surface area contributed by atoms with Crippen molar-refractivity contribution < 1.29 is 18.3 Å². The van der Waals surface area contributed by atoms with Crippen molar-refractivity contribution in [2.75, 3.05) is 19.6 Å². The minimum Gasteiger partial charge on any atom is -0.420 e. The molecular formula is C23H23F2N7O2. The minimum absolute atomic E-state index is 0.0189. The number of hydrogen-bond acceptors (Lipinski definition) is 8. The van der Waals surface area contributed by atoms with Gasteiger partial charge in [0.1, 0.15) is 29.9 Å². The molecule has 0 saturated carbocycles.